The van der Waals surface area contributed by atoms with Crippen molar-refractivity contribution < 1.29 is 4.79 Å². The summed E-state index contributed by atoms with van der Waals surface area (Å²) >= 11 is 0. The SMILES string of the molecule is CCCCN(CC(C)C)C(=O)CC. The van der Waals surface area contributed by atoms with Crippen molar-refractivity contribution in [1.82, 2.24) is 4.90 Å². The highest BCUT2D eigenvalue weighted by molar-refractivity contribution is 5.75. The summed E-state index contributed by atoms with van der Waals surface area (Å²) in [4.78, 5) is 13.5. The van der Waals surface area contributed by atoms with Crippen LogP contribution < -0.4 is 0 Å². The van der Waals surface area contributed by atoms with Gasteiger partial charge in [0.2, 0.25) is 5.91 Å². The molecule has 78 valence electrons. The van der Waals surface area contributed by atoms with Crippen molar-refractivity contribution >= 4 is 5.91 Å². The highest BCUT2D eigenvalue weighted by Crippen LogP contribution is 2.03. The van der Waals surface area contributed by atoms with Crippen molar-refractivity contribution in [3.63, 3.8) is 0 Å². The van der Waals surface area contributed by atoms with Crippen molar-refractivity contribution in [2.45, 2.75) is 47.0 Å². The lowest BCUT2D eigenvalue weighted by atomic mass is 10.2. The molecule has 0 saturated heterocycles. The lowest BCUT2D eigenvalue weighted by Gasteiger charge is -2.23. The van der Waals surface area contributed by atoms with Crippen molar-refractivity contribution in [1.29, 1.82) is 0 Å². The highest BCUT2D eigenvalue weighted by atomic mass is 16.2. The largest absolute Gasteiger partial charge is 0.342 e. The quantitative estimate of drug-likeness (QED) is 0.623. The molecule has 0 heterocycles. The molecule has 0 aliphatic rings. The Morgan fingerprint density at radius 2 is 1.92 bits per heavy atom. The lowest BCUT2D eigenvalue weighted by Crippen LogP contribution is -2.34. The minimum absolute atomic E-state index is 0.294. The molecule has 0 aromatic heterocycles. The Bertz CT molecular complexity index is 143. The Morgan fingerprint density at radius 1 is 1.31 bits per heavy atom. The molecule has 0 N–H and O–H groups in total. The van der Waals surface area contributed by atoms with E-state index in [2.05, 4.69) is 20.8 Å². The van der Waals surface area contributed by atoms with Gasteiger partial charge >= 0.3 is 0 Å². The molecule has 2 heteroatoms. The predicted molar refractivity (Wildman–Crippen MR) is 56.6 cm³/mol. The first-order chi connectivity index (χ1) is 6.11. The van der Waals surface area contributed by atoms with E-state index in [1.54, 1.807) is 0 Å². The maximum absolute atomic E-state index is 11.5. The molecule has 0 radical (unpaired) electrons. The van der Waals surface area contributed by atoms with E-state index in [9.17, 15) is 4.79 Å². The molecule has 0 aromatic rings. The molecule has 2 nitrogen and oxygen atoms in total. The van der Waals surface area contributed by atoms with Crippen LogP contribution in [0.25, 0.3) is 0 Å². The smallest absolute Gasteiger partial charge is 0.222 e. The third-order valence-corrected chi connectivity index (χ3v) is 2.02. The first-order valence-corrected chi connectivity index (χ1v) is 5.39. The molecule has 0 fully saturated rings. The molecule has 0 aliphatic heterocycles. The molecule has 0 unspecified atom stereocenters. The lowest BCUT2D eigenvalue weighted by molar-refractivity contribution is -0.131. The maximum atomic E-state index is 11.5. The second kappa shape index (κ2) is 6.93. The van der Waals surface area contributed by atoms with Crippen LogP contribution in [0.15, 0.2) is 0 Å². The van der Waals surface area contributed by atoms with Crippen LogP contribution in [-0.4, -0.2) is 23.9 Å². The van der Waals surface area contributed by atoms with Crippen molar-refractivity contribution in [2.75, 3.05) is 13.1 Å². The van der Waals surface area contributed by atoms with Crippen LogP contribution in [0, 0.1) is 5.92 Å². The third-order valence-electron chi connectivity index (χ3n) is 2.02. The van der Waals surface area contributed by atoms with E-state index in [1.807, 2.05) is 11.8 Å². The van der Waals surface area contributed by atoms with Gasteiger partial charge < -0.3 is 4.90 Å². The number of amides is 1. The Labute approximate surface area is 82.3 Å². The molecule has 13 heavy (non-hydrogen) atoms. The van der Waals surface area contributed by atoms with Gasteiger partial charge in [0.15, 0.2) is 0 Å². The van der Waals surface area contributed by atoms with Crippen molar-refractivity contribution in [2.24, 2.45) is 5.92 Å². The summed E-state index contributed by atoms with van der Waals surface area (Å²) in [5.74, 6) is 0.870. The zero-order valence-corrected chi connectivity index (χ0v) is 9.47. The number of nitrogens with zero attached hydrogens (tertiary/aromatic N) is 1. The Morgan fingerprint density at radius 3 is 2.31 bits per heavy atom. The molecular formula is C11H23NO. The molecule has 0 spiro atoms. The highest BCUT2D eigenvalue weighted by Gasteiger charge is 2.11. The zero-order valence-electron chi connectivity index (χ0n) is 9.47. The van der Waals surface area contributed by atoms with Crippen LogP contribution in [0.2, 0.25) is 0 Å². The third kappa shape index (κ3) is 5.67. The fourth-order valence-electron chi connectivity index (χ4n) is 1.33. The van der Waals surface area contributed by atoms with E-state index in [4.69, 9.17) is 0 Å². The van der Waals surface area contributed by atoms with Gasteiger partial charge in [-0.15, -0.1) is 0 Å². The summed E-state index contributed by atoms with van der Waals surface area (Å²) in [6.45, 7) is 10.2. The Balaban J connectivity index is 3.94. The average Bonchev–Trinajstić information content (AvgIpc) is 2.10. The van der Waals surface area contributed by atoms with E-state index < -0.39 is 0 Å². The van der Waals surface area contributed by atoms with Crippen LogP contribution in [0.4, 0.5) is 0 Å². The average molecular weight is 185 g/mol. The van der Waals surface area contributed by atoms with Gasteiger partial charge in [-0.25, -0.2) is 0 Å². The molecule has 0 saturated carbocycles. The van der Waals surface area contributed by atoms with Crippen molar-refractivity contribution in [3.8, 4) is 0 Å². The van der Waals surface area contributed by atoms with Crippen LogP contribution >= 0.6 is 0 Å². The van der Waals surface area contributed by atoms with Crippen LogP contribution in [-0.2, 0) is 4.79 Å². The van der Waals surface area contributed by atoms with E-state index >= 15 is 0 Å². The van der Waals surface area contributed by atoms with Crippen LogP contribution in [0.5, 0.6) is 0 Å². The van der Waals surface area contributed by atoms with Gasteiger partial charge in [-0.2, -0.15) is 0 Å². The molecule has 0 aromatic carbocycles. The fourth-order valence-corrected chi connectivity index (χ4v) is 1.33. The van der Waals surface area contributed by atoms with Crippen LogP contribution in [0.1, 0.15) is 47.0 Å². The van der Waals surface area contributed by atoms with Crippen molar-refractivity contribution in [3.05, 3.63) is 0 Å². The van der Waals surface area contributed by atoms with Gasteiger partial charge in [-0.1, -0.05) is 34.1 Å². The molecule has 0 atom stereocenters. The second-order valence-electron chi connectivity index (χ2n) is 3.94. The predicted octanol–water partition coefficient (Wildman–Crippen LogP) is 2.68. The van der Waals surface area contributed by atoms with Crippen LogP contribution in [0.3, 0.4) is 0 Å². The summed E-state index contributed by atoms with van der Waals surface area (Å²) in [5.41, 5.74) is 0. The molecule has 0 aliphatic carbocycles. The minimum Gasteiger partial charge on any atom is -0.342 e. The summed E-state index contributed by atoms with van der Waals surface area (Å²) < 4.78 is 0. The van der Waals surface area contributed by atoms with Gasteiger partial charge in [0, 0.05) is 19.5 Å². The van der Waals surface area contributed by atoms with Gasteiger partial charge in [0.05, 0.1) is 0 Å². The number of hydrogen-bond donors (Lipinski definition) is 0. The van der Waals surface area contributed by atoms with Gasteiger partial charge in [0.1, 0.15) is 0 Å². The number of carbonyl (C=O) groups is 1. The summed E-state index contributed by atoms with van der Waals surface area (Å²) in [6.07, 6.45) is 2.92. The Kier molecular flexibility index (Phi) is 6.65. The first kappa shape index (κ1) is 12.5. The molecule has 1 amide bonds. The van der Waals surface area contributed by atoms with Gasteiger partial charge in [-0.05, 0) is 12.3 Å². The maximum Gasteiger partial charge on any atom is 0.222 e. The van der Waals surface area contributed by atoms with E-state index in [1.165, 1.54) is 0 Å². The van der Waals surface area contributed by atoms with E-state index in [0.29, 0.717) is 18.2 Å². The Hall–Kier alpha value is -0.530. The van der Waals surface area contributed by atoms with E-state index in [-0.39, 0.29) is 0 Å². The van der Waals surface area contributed by atoms with Gasteiger partial charge in [0.25, 0.3) is 0 Å². The first-order valence-electron chi connectivity index (χ1n) is 5.39. The summed E-state index contributed by atoms with van der Waals surface area (Å²) in [6, 6.07) is 0. The zero-order chi connectivity index (χ0) is 10.3. The summed E-state index contributed by atoms with van der Waals surface area (Å²) in [5, 5.41) is 0. The normalized spacial score (nSPS) is 10.5. The van der Waals surface area contributed by atoms with Gasteiger partial charge in [-0.3, -0.25) is 4.79 Å². The topological polar surface area (TPSA) is 20.3 Å². The fraction of sp³-hybridized carbons (Fsp3) is 0.909. The number of rotatable bonds is 6. The second-order valence-corrected chi connectivity index (χ2v) is 3.94. The molecular weight excluding hydrogens is 162 g/mol. The molecule has 0 bridgehead atoms. The number of unbranched alkanes of at least 4 members (excludes halogenated alkanes) is 1. The standard InChI is InChI=1S/C11H23NO/c1-5-7-8-12(9-10(3)4)11(13)6-2/h10H,5-9H2,1-4H3. The van der Waals surface area contributed by atoms with E-state index in [0.717, 1.165) is 25.9 Å². The number of hydrogen-bond acceptors (Lipinski definition) is 1. The summed E-state index contributed by atoms with van der Waals surface area (Å²) in [7, 11) is 0. The number of carbonyl (C=O) groups excluding carboxylic acids is 1. The molecule has 0 rings (SSSR count). The monoisotopic (exact) mass is 185 g/mol. The minimum atomic E-state index is 0.294.